The van der Waals surface area contributed by atoms with E-state index in [0.717, 1.165) is 11.4 Å². The third kappa shape index (κ3) is 4.03. The molecule has 192 valence electrons. The van der Waals surface area contributed by atoms with E-state index < -0.39 is 0 Å². The average molecular weight is 514 g/mol. The molecule has 1 N–H and O–H groups in total. The first-order valence-corrected chi connectivity index (χ1v) is 14.0. The van der Waals surface area contributed by atoms with Crippen molar-refractivity contribution in [2.75, 3.05) is 5.32 Å². The van der Waals surface area contributed by atoms with E-state index in [1.807, 2.05) is 0 Å². The highest BCUT2D eigenvalue weighted by Crippen LogP contribution is 2.53. The Bertz CT molecular complexity index is 1830. The maximum Gasteiger partial charge on any atom is 0.0463 e. The molecule has 40 heavy (non-hydrogen) atoms. The van der Waals surface area contributed by atoms with Gasteiger partial charge in [0.2, 0.25) is 0 Å². The molecule has 0 unspecified atom stereocenters. The van der Waals surface area contributed by atoms with E-state index in [0.29, 0.717) is 0 Å². The van der Waals surface area contributed by atoms with Crippen molar-refractivity contribution in [3.63, 3.8) is 0 Å². The van der Waals surface area contributed by atoms with Crippen molar-refractivity contribution in [3.05, 3.63) is 157 Å². The lowest BCUT2D eigenvalue weighted by Crippen LogP contribution is -2.16. The molecule has 0 amide bonds. The van der Waals surface area contributed by atoms with Crippen molar-refractivity contribution in [1.82, 2.24) is 0 Å². The normalized spacial score (nSPS) is 12.9. The minimum Gasteiger partial charge on any atom is -0.355 e. The summed E-state index contributed by atoms with van der Waals surface area (Å²) in [7, 11) is 0. The van der Waals surface area contributed by atoms with Crippen molar-refractivity contribution in [3.8, 4) is 44.5 Å². The van der Waals surface area contributed by atoms with Gasteiger partial charge in [-0.1, -0.05) is 141 Å². The van der Waals surface area contributed by atoms with Gasteiger partial charge < -0.3 is 5.32 Å². The SMILES string of the molecule is CC1(C)c2cc(Nc3ccccc3-c3ccccc3)ccc2-c2cccc(-c3ccccc3-c3ccccc3)c21. The summed E-state index contributed by atoms with van der Waals surface area (Å²) in [5.41, 5.74) is 15.0. The molecule has 6 aromatic rings. The lowest BCUT2D eigenvalue weighted by atomic mass is 9.78. The number of hydrogen-bond acceptors (Lipinski definition) is 1. The molecule has 1 aliphatic carbocycles. The molecule has 7 rings (SSSR count). The number of rotatable bonds is 5. The fraction of sp³-hybridized carbons (Fsp3) is 0.0769. The second-order valence-corrected chi connectivity index (χ2v) is 11.1. The van der Waals surface area contributed by atoms with Crippen LogP contribution in [0.3, 0.4) is 0 Å². The van der Waals surface area contributed by atoms with Gasteiger partial charge in [-0.3, -0.25) is 0 Å². The molecule has 0 bridgehead atoms. The van der Waals surface area contributed by atoms with Crippen molar-refractivity contribution in [2.24, 2.45) is 0 Å². The first kappa shape index (κ1) is 24.2. The molecule has 0 fully saturated rings. The summed E-state index contributed by atoms with van der Waals surface area (Å²) in [6.45, 7) is 4.74. The molecule has 0 saturated heterocycles. The second-order valence-electron chi connectivity index (χ2n) is 11.1. The van der Waals surface area contributed by atoms with Gasteiger partial charge in [0.15, 0.2) is 0 Å². The summed E-state index contributed by atoms with van der Waals surface area (Å²) < 4.78 is 0. The van der Waals surface area contributed by atoms with Crippen LogP contribution in [0.4, 0.5) is 11.4 Å². The third-order valence-electron chi connectivity index (χ3n) is 8.27. The van der Waals surface area contributed by atoms with Gasteiger partial charge in [-0.2, -0.15) is 0 Å². The second kappa shape index (κ2) is 9.70. The average Bonchev–Trinajstić information content (AvgIpc) is 3.24. The summed E-state index contributed by atoms with van der Waals surface area (Å²) in [6, 6.07) is 52.3. The smallest absolute Gasteiger partial charge is 0.0463 e. The summed E-state index contributed by atoms with van der Waals surface area (Å²) in [6.07, 6.45) is 0. The summed E-state index contributed by atoms with van der Waals surface area (Å²) in [5, 5.41) is 3.74. The minimum atomic E-state index is -0.151. The van der Waals surface area contributed by atoms with Gasteiger partial charge in [0, 0.05) is 22.4 Å². The van der Waals surface area contributed by atoms with E-state index in [2.05, 4.69) is 165 Å². The van der Waals surface area contributed by atoms with Gasteiger partial charge in [0.25, 0.3) is 0 Å². The molecule has 0 radical (unpaired) electrons. The van der Waals surface area contributed by atoms with Crippen LogP contribution in [-0.4, -0.2) is 0 Å². The maximum atomic E-state index is 3.74. The number of nitrogens with one attached hydrogen (secondary N) is 1. The van der Waals surface area contributed by atoms with Crippen LogP contribution < -0.4 is 5.32 Å². The van der Waals surface area contributed by atoms with Crippen LogP contribution in [0.2, 0.25) is 0 Å². The highest BCUT2D eigenvalue weighted by atomic mass is 14.9. The van der Waals surface area contributed by atoms with Crippen molar-refractivity contribution in [1.29, 1.82) is 0 Å². The zero-order valence-corrected chi connectivity index (χ0v) is 22.9. The monoisotopic (exact) mass is 513 g/mol. The predicted octanol–water partition coefficient (Wildman–Crippen LogP) is 10.7. The molecule has 0 heterocycles. The van der Waals surface area contributed by atoms with E-state index >= 15 is 0 Å². The lowest BCUT2D eigenvalue weighted by Gasteiger charge is -2.26. The first-order chi connectivity index (χ1) is 19.6. The summed E-state index contributed by atoms with van der Waals surface area (Å²) in [5.74, 6) is 0. The highest BCUT2D eigenvalue weighted by Gasteiger charge is 2.38. The fourth-order valence-corrected chi connectivity index (χ4v) is 6.39. The molecule has 0 saturated carbocycles. The standard InChI is InChI=1S/C39H31N/c1-39(2)36-26-29(40-37-23-12-11-19-31(37)28-16-7-4-8-17-28)24-25-33(36)35-22-13-21-34(38(35)39)32-20-10-9-18-30(32)27-14-5-3-6-15-27/h3-26,40H,1-2H3. The number of hydrogen-bond donors (Lipinski definition) is 1. The maximum absolute atomic E-state index is 3.74. The van der Waals surface area contributed by atoms with Gasteiger partial charge in [-0.15, -0.1) is 0 Å². The predicted molar refractivity (Wildman–Crippen MR) is 170 cm³/mol. The van der Waals surface area contributed by atoms with E-state index in [-0.39, 0.29) is 5.41 Å². The molecule has 0 aromatic heterocycles. The fourth-order valence-electron chi connectivity index (χ4n) is 6.39. The van der Waals surface area contributed by atoms with Gasteiger partial charge in [0.1, 0.15) is 0 Å². The lowest BCUT2D eigenvalue weighted by molar-refractivity contribution is 0.662. The number of para-hydroxylation sites is 1. The molecule has 0 aliphatic heterocycles. The first-order valence-electron chi connectivity index (χ1n) is 14.0. The van der Waals surface area contributed by atoms with Crippen LogP contribution in [0.15, 0.2) is 146 Å². The van der Waals surface area contributed by atoms with Crippen LogP contribution in [-0.2, 0) is 5.41 Å². The van der Waals surface area contributed by atoms with E-state index in [1.54, 1.807) is 0 Å². The van der Waals surface area contributed by atoms with Crippen molar-refractivity contribution < 1.29 is 0 Å². The van der Waals surface area contributed by atoms with Gasteiger partial charge in [-0.05, 0) is 68.3 Å². The third-order valence-corrected chi connectivity index (χ3v) is 8.27. The van der Waals surface area contributed by atoms with Crippen molar-refractivity contribution in [2.45, 2.75) is 19.3 Å². The summed E-state index contributed by atoms with van der Waals surface area (Å²) in [4.78, 5) is 0. The molecule has 1 heteroatoms. The molecule has 6 aromatic carbocycles. The van der Waals surface area contributed by atoms with E-state index in [9.17, 15) is 0 Å². The number of benzene rings is 6. The molecule has 1 aliphatic rings. The van der Waals surface area contributed by atoms with E-state index in [1.165, 1.54) is 55.6 Å². The Morgan fingerprint density at radius 3 is 1.65 bits per heavy atom. The quantitative estimate of drug-likeness (QED) is 0.242. The Labute approximate surface area is 236 Å². The van der Waals surface area contributed by atoms with Crippen LogP contribution >= 0.6 is 0 Å². The molecule has 0 atom stereocenters. The Balaban J connectivity index is 1.31. The zero-order valence-electron chi connectivity index (χ0n) is 22.9. The Morgan fingerprint density at radius 1 is 0.425 bits per heavy atom. The Hall–Kier alpha value is -4.88. The number of fused-ring (bicyclic) bond motifs is 3. The van der Waals surface area contributed by atoms with Crippen LogP contribution in [0.25, 0.3) is 44.5 Å². The Kier molecular flexibility index (Phi) is 5.86. The van der Waals surface area contributed by atoms with Crippen LogP contribution in [0, 0.1) is 0 Å². The zero-order chi connectivity index (χ0) is 27.1. The largest absolute Gasteiger partial charge is 0.355 e. The Morgan fingerprint density at radius 2 is 0.950 bits per heavy atom. The molecule has 0 spiro atoms. The van der Waals surface area contributed by atoms with Crippen LogP contribution in [0.1, 0.15) is 25.0 Å². The van der Waals surface area contributed by atoms with Gasteiger partial charge in [-0.25, -0.2) is 0 Å². The highest BCUT2D eigenvalue weighted by molar-refractivity contribution is 5.93. The molecular formula is C39H31N. The topological polar surface area (TPSA) is 12.0 Å². The number of anilines is 2. The molecule has 1 nitrogen and oxygen atoms in total. The molecular weight excluding hydrogens is 482 g/mol. The van der Waals surface area contributed by atoms with Gasteiger partial charge >= 0.3 is 0 Å². The summed E-state index contributed by atoms with van der Waals surface area (Å²) >= 11 is 0. The van der Waals surface area contributed by atoms with E-state index in [4.69, 9.17) is 0 Å². The van der Waals surface area contributed by atoms with Gasteiger partial charge in [0.05, 0.1) is 0 Å². The van der Waals surface area contributed by atoms with Crippen molar-refractivity contribution >= 4 is 11.4 Å². The minimum absolute atomic E-state index is 0.151. The van der Waals surface area contributed by atoms with Crippen LogP contribution in [0.5, 0.6) is 0 Å².